The molecule has 1 aliphatic heterocycles. The van der Waals surface area contributed by atoms with Crippen molar-refractivity contribution in [2.45, 2.75) is 105 Å². The van der Waals surface area contributed by atoms with Gasteiger partial charge in [-0.15, -0.1) is 0 Å². The SMILES string of the molecule is CCCC(NC(=O)[C@@H]1[C@@H]2[C@H](CN1C(=O)[C@@H](NC(=O)N[C@H](C(=O)C1CC1)C(C)C)C(C)(C)C)C2(C)C)C(=O)C(=O)NCCOC. The minimum Gasteiger partial charge on any atom is -0.383 e. The van der Waals surface area contributed by atoms with Gasteiger partial charge in [0.2, 0.25) is 17.6 Å². The van der Waals surface area contributed by atoms with Gasteiger partial charge in [0.25, 0.3) is 5.91 Å². The van der Waals surface area contributed by atoms with Crippen molar-refractivity contribution in [3.63, 3.8) is 0 Å². The minimum absolute atomic E-state index is 0.0101. The summed E-state index contributed by atoms with van der Waals surface area (Å²) < 4.78 is 4.92. The van der Waals surface area contributed by atoms with Crippen LogP contribution in [0.4, 0.5) is 4.79 Å². The third-order valence-corrected chi connectivity index (χ3v) is 9.41. The Morgan fingerprint density at radius 2 is 1.64 bits per heavy atom. The van der Waals surface area contributed by atoms with Crippen LogP contribution in [0.5, 0.6) is 0 Å². The van der Waals surface area contributed by atoms with Crippen molar-refractivity contribution >= 4 is 35.3 Å². The van der Waals surface area contributed by atoms with Crippen molar-refractivity contribution in [3.05, 3.63) is 0 Å². The van der Waals surface area contributed by atoms with Gasteiger partial charge in [-0.25, -0.2) is 4.79 Å². The van der Waals surface area contributed by atoms with E-state index in [4.69, 9.17) is 4.74 Å². The van der Waals surface area contributed by atoms with E-state index in [2.05, 4.69) is 35.1 Å². The summed E-state index contributed by atoms with van der Waals surface area (Å²) in [7, 11) is 1.49. The first kappa shape index (κ1) is 35.5. The fraction of sp³-hybridized carbons (Fsp3) is 0.812. The van der Waals surface area contributed by atoms with Gasteiger partial charge in [-0.2, -0.15) is 0 Å². The maximum atomic E-state index is 14.2. The Hall–Kier alpha value is -3.02. The summed E-state index contributed by atoms with van der Waals surface area (Å²) in [6.07, 6.45) is 2.48. The molecule has 2 aliphatic carbocycles. The number of ether oxygens (including phenoxy) is 1. The first-order chi connectivity index (χ1) is 20.5. The van der Waals surface area contributed by atoms with Crippen molar-refractivity contribution < 1.29 is 33.5 Å². The molecule has 2 saturated carbocycles. The lowest BCUT2D eigenvalue weighted by molar-refractivity contribution is -0.145. The molecule has 12 heteroatoms. The zero-order chi connectivity index (χ0) is 33.1. The maximum absolute atomic E-state index is 14.2. The number of nitrogens with zero attached hydrogens (tertiary/aromatic N) is 1. The molecule has 12 nitrogen and oxygen atoms in total. The molecular formula is C32H53N5O7. The number of urea groups is 1. The summed E-state index contributed by atoms with van der Waals surface area (Å²) in [6, 6.07) is -4.14. The van der Waals surface area contributed by atoms with Gasteiger partial charge in [0.15, 0.2) is 5.78 Å². The van der Waals surface area contributed by atoms with Crippen LogP contribution in [-0.4, -0.2) is 91.2 Å². The van der Waals surface area contributed by atoms with Crippen LogP contribution in [0.15, 0.2) is 0 Å². The van der Waals surface area contributed by atoms with E-state index in [1.54, 1.807) is 0 Å². The molecule has 0 bridgehead atoms. The number of ketones is 2. The van der Waals surface area contributed by atoms with E-state index in [-0.39, 0.29) is 54.4 Å². The third kappa shape index (κ3) is 7.97. The first-order valence-electron chi connectivity index (χ1n) is 16.0. The van der Waals surface area contributed by atoms with Crippen LogP contribution in [-0.2, 0) is 28.7 Å². The highest BCUT2D eigenvalue weighted by Gasteiger charge is 2.70. The number of nitrogens with one attached hydrogen (secondary N) is 4. The summed E-state index contributed by atoms with van der Waals surface area (Å²) in [4.78, 5) is 81.1. The summed E-state index contributed by atoms with van der Waals surface area (Å²) >= 11 is 0. The number of Topliss-reactive ketones (excluding diaryl/α,β-unsaturated/α-hetero) is 2. The lowest BCUT2D eigenvalue weighted by atomic mass is 9.85. The zero-order valence-corrected chi connectivity index (χ0v) is 27.9. The topological polar surface area (TPSA) is 163 Å². The number of hydrogen-bond acceptors (Lipinski definition) is 7. The fourth-order valence-electron chi connectivity index (χ4n) is 6.46. The summed E-state index contributed by atoms with van der Waals surface area (Å²) in [5.74, 6) is -2.61. The number of fused-ring (bicyclic) bond motifs is 1. The Morgan fingerprint density at radius 3 is 2.16 bits per heavy atom. The number of hydrogen-bond donors (Lipinski definition) is 4. The van der Waals surface area contributed by atoms with E-state index in [1.165, 1.54) is 12.0 Å². The van der Waals surface area contributed by atoms with Crippen LogP contribution < -0.4 is 21.3 Å². The Bertz CT molecular complexity index is 1130. The van der Waals surface area contributed by atoms with Crippen LogP contribution in [0.25, 0.3) is 0 Å². The minimum atomic E-state index is -1.04. The first-order valence-corrected chi connectivity index (χ1v) is 16.0. The summed E-state index contributed by atoms with van der Waals surface area (Å²) in [5, 5.41) is 10.9. The zero-order valence-electron chi connectivity index (χ0n) is 27.9. The molecular weight excluding hydrogens is 566 g/mol. The molecule has 44 heavy (non-hydrogen) atoms. The van der Waals surface area contributed by atoms with Gasteiger partial charge in [-0.05, 0) is 47.8 Å². The molecule has 0 radical (unpaired) electrons. The molecule has 4 N–H and O–H groups in total. The molecule has 3 rings (SSSR count). The van der Waals surface area contributed by atoms with Crippen LogP contribution in [0, 0.1) is 34.5 Å². The average molecular weight is 620 g/mol. The summed E-state index contributed by atoms with van der Waals surface area (Å²) in [6.45, 7) is 16.0. The molecule has 0 aromatic carbocycles. The maximum Gasteiger partial charge on any atom is 0.316 e. The molecule has 0 aromatic rings. The highest BCUT2D eigenvalue weighted by Crippen LogP contribution is 2.65. The number of rotatable bonds is 15. The van der Waals surface area contributed by atoms with E-state index in [1.807, 2.05) is 41.5 Å². The van der Waals surface area contributed by atoms with Gasteiger partial charge >= 0.3 is 6.03 Å². The third-order valence-electron chi connectivity index (χ3n) is 9.41. The second-order valence-corrected chi connectivity index (χ2v) is 14.7. The second kappa shape index (κ2) is 14.0. The molecule has 1 unspecified atom stereocenters. The molecule has 1 heterocycles. The fourth-order valence-corrected chi connectivity index (χ4v) is 6.46. The number of amides is 5. The number of methoxy groups -OCH3 is 1. The van der Waals surface area contributed by atoms with Crippen LogP contribution in [0.2, 0.25) is 0 Å². The molecule has 0 aromatic heterocycles. The number of carbonyl (C=O) groups excluding carboxylic acids is 6. The summed E-state index contributed by atoms with van der Waals surface area (Å²) in [5.41, 5.74) is -0.900. The van der Waals surface area contributed by atoms with Crippen molar-refractivity contribution in [2.24, 2.45) is 34.5 Å². The highest BCUT2D eigenvalue weighted by atomic mass is 16.5. The van der Waals surface area contributed by atoms with Crippen LogP contribution >= 0.6 is 0 Å². The molecule has 3 aliphatic rings. The number of likely N-dealkylation sites (tertiary alicyclic amines) is 1. The van der Waals surface area contributed by atoms with Crippen LogP contribution in [0.3, 0.4) is 0 Å². The number of piperidine rings is 1. The normalized spacial score (nSPS) is 24.0. The Morgan fingerprint density at radius 1 is 1.00 bits per heavy atom. The van der Waals surface area contributed by atoms with Crippen molar-refractivity contribution in [1.82, 2.24) is 26.2 Å². The Kier molecular flexibility index (Phi) is 11.2. The Labute approximate surface area is 261 Å². The molecule has 248 valence electrons. The van der Waals surface area contributed by atoms with E-state index in [0.29, 0.717) is 13.0 Å². The van der Waals surface area contributed by atoms with Crippen LogP contribution in [0.1, 0.15) is 81.1 Å². The van der Waals surface area contributed by atoms with Gasteiger partial charge < -0.3 is 30.9 Å². The van der Waals surface area contributed by atoms with Gasteiger partial charge in [0, 0.05) is 26.1 Å². The monoisotopic (exact) mass is 619 g/mol. The van der Waals surface area contributed by atoms with Crippen molar-refractivity contribution in [3.8, 4) is 0 Å². The van der Waals surface area contributed by atoms with E-state index in [0.717, 1.165) is 12.8 Å². The van der Waals surface area contributed by atoms with Gasteiger partial charge in [0.05, 0.1) is 18.7 Å². The molecule has 5 amide bonds. The standard InChI is InChI=1S/C32H53N5O7/c1-10-11-20(25(39)28(41)33-14-15-44-9)34-27(40)23-21-19(32(21,7)8)16-37(23)29(42)26(31(4,5)6)36-30(43)35-22(17(2)3)24(38)18-12-13-18/h17-23,26H,10-16H2,1-9H3,(H,33,41)(H,34,40)(H2,35,36,43)/t19-,20?,21-,22-,23-,26+/m0/s1. The van der Waals surface area contributed by atoms with Gasteiger partial charge in [0.1, 0.15) is 12.1 Å². The quantitative estimate of drug-likeness (QED) is 0.160. The molecule has 1 saturated heterocycles. The van der Waals surface area contributed by atoms with E-state index < -0.39 is 59.1 Å². The van der Waals surface area contributed by atoms with Gasteiger partial charge in [-0.1, -0.05) is 61.8 Å². The molecule has 0 spiro atoms. The average Bonchev–Trinajstić information content (AvgIpc) is 3.81. The second-order valence-electron chi connectivity index (χ2n) is 14.7. The van der Waals surface area contributed by atoms with E-state index >= 15 is 0 Å². The smallest absolute Gasteiger partial charge is 0.316 e. The molecule has 3 fully saturated rings. The van der Waals surface area contributed by atoms with Crippen molar-refractivity contribution in [1.29, 1.82) is 0 Å². The Balaban J connectivity index is 1.79. The lowest BCUT2D eigenvalue weighted by Gasteiger charge is -2.38. The highest BCUT2D eigenvalue weighted by molar-refractivity contribution is 6.38. The lowest BCUT2D eigenvalue weighted by Crippen LogP contribution is -2.62. The van der Waals surface area contributed by atoms with Crippen molar-refractivity contribution in [2.75, 3.05) is 26.8 Å². The number of carbonyl (C=O) groups is 6. The largest absolute Gasteiger partial charge is 0.383 e. The molecule has 6 atom stereocenters. The predicted octanol–water partition coefficient (Wildman–Crippen LogP) is 1.80. The predicted molar refractivity (Wildman–Crippen MR) is 164 cm³/mol. The van der Waals surface area contributed by atoms with Gasteiger partial charge in [-0.3, -0.25) is 24.0 Å². The van der Waals surface area contributed by atoms with E-state index in [9.17, 15) is 28.8 Å².